The molecule has 0 aliphatic carbocycles. The van der Waals surface area contributed by atoms with Gasteiger partial charge in [0.15, 0.2) is 0 Å². The van der Waals surface area contributed by atoms with Crippen LogP contribution in [0.15, 0.2) is 36.9 Å². The number of benzene rings is 1. The molecule has 1 amide bonds. The molecule has 0 aliphatic heterocycles. The summed E-state index contributed by atoms with van der Waals surface area (Å²) in [4.78, 5) is 24.2. The Labute approximate surface area is 118 Å². The first-order valence-corrected chi connectivity index (χ1v) is 6.43. The van der Waals surface area contributed by atoms with Crippen molar-refractivity contribution in [3.05, 3.63) is 42.5 Å². The maximum absolute atomic E-state index is 11.9. The summed E-state index contributed by atoms with van der Waals surface area (Å²) in [6, 6.07) is 7.52. The molecule has 0 heterocycles. The van der Waals surface area contributed by atoms with Crippen molar-refractivity contribution in [3.8, 4) is 0 Å². The molecule has 5 heteroatoms. The van der Waals surface area contributed by atoms with E-state index >= 15 is 0 Å². The van der Waals surface area contributed by atoms with Gasteiger partial charge in [-0.1, -0.05) is 18.2 Å². The number of carbonyl (C=O) groups excluding carboxylic acids is 1. The lowest BCUT2D eigenvalue weighted by Gasteiger charge is -2.19. The quantitative estimate of drug-likeness (QED) is 0.711. The van der Waals surface area contributed by atoms with Crippen LogP contribution in [0.25, 0.3) is 0 Å². The van der Waals surface area contributed by atoms with Gasteiger partial charge in [-0.05, 0) is 24.6 Å². The van der Waals surface area contributed by atoms with E-state index in [1.54, 1.807) is 11.0 Å². The first-order valence-electron chi connectivity index (χ1n) is 6.43. The van der Waals surface area contributed by atoms with E-state index in [1.807, 2.05) is 31.2 Å². The fourth-order valence-corrected chi connectivity index (χ4v) is 1.80. The van der Waals surface area contributed by atoms with E-state index in [1.165, 1.54) is 0 Å². The van der Waals surface area contributed by atoms with Gasteiger partial charge >= 0.3 is 5.97 Å². The largest absolute Gasteiger partial charge is 0.481 e. The van der Waals surface area contributed by atoms with E-state index in [0.29, 0.717) is 13.1 Å². The zero-order valence-electron chi connectivity index (χ0n) is 11.6. The summed E-state index contributed by atoms with van der Waals surface area (Å²) < 4.78 is 0. The number of nitrogens with one attached hydrogen (secondary N) is 1. The van der Waals surface area contributed by atoms with Crippen molar-refractivity contribution in [2.24, 2.45) is 0 Å². The predicted octanol–water partition coefficient (Wildman–Crippen LogP) is 1.90. The van der Waals surface area contributed by atoms with Crippen LogP contribution >= 0.6 is 0 Å². The predicted molar refractivity (Wildman–Crippen MR) is 78.7 cm³/mol. The van der Waals surface area contributed by atoms with Gasteiger partial charge in [0.25, 0.3) is 0 Å². The van der Waals surface area contributed by atoms with Crippen molar-refractivity contribution >= 4 is 17.6 Å². The highest BCUT2D eigenvalue weighted by Gasteiger charge is 2.11. The topological polar surface area (TPSA) is 69.6 Å². The molecule has 108 valence electrons. The number of amides is 1. The lowest BCUT2D eigenvalue weighted by Crippen LogP contribution is -2.34. The van der Waals surface area contributed by atoms with Gasteiger partial charge in [0, 0.05) is 18.8 Å². The molecule has 0 fully saturated rings. The van der Waals surface area contributed by atoms with Crippen molar-refractivity contribution in [2.75, 3.05) is 25.0 Å². The van der Waals surface area contributed by atoms with Gasteiger partial charge in [-0.2, -0.15) is 0 Å². The maximum atomic E-state index is 11.9. The molecule has 0 spiro atoms. The second-order valence-electron chi connectivity index (χ2n) is 4.59. The number of carboxylic acid groups (broad SMARTS) is 1. The minimum absolute atomic E-state index is 0.00552. The van der Waals surface area contributed by atoms with E-state index < -0.39 is 5.97 Å². The highest BCUT2D eigenvalue weighted by molar-refractivity contribution is 5.92. The Morgan fingerprint density at radius 1 is 1.45 bits per heavy atom. The van der Waals surface area contributed by atoms with Crippen molar-refractivity contribution in [3.63, 3.8) is 0 Å². The van der Waals surface area contributed by atoms with Crippen molar-refractivity contribution < 1.29 is 14.7 Å². The number of hydrogen-bond acceptors (Lipinski definition) is 3. The summed E-state index contributed by atoms with van der Waals surface area (Å²) >= 11 is 0. The van der Waals surface area contributed by atoms with Gasteiger partial charge in [0.05, 0.1) is 13.0 Å². The zero-order chi connectivity index (χ0) is 15.0. The first kappa shape index (κ1) is 15.9. The Bertz CT molecular complexity index is 486. The van der Waals surface area contributed by atoms with Crippen molar-refractivity contribution in [1.29, 1.82) is 0 Å². The lowest BCUT2D eigenvalue weighted by atomic mass is 10.2. The van der Waals surface area contributed by atoms with E-state index in [9.17, 15) is 9.59 Å². The highest BCUT2D eigenvalue weighted by Crippen LogP contribution is 2.09. The molecule has 0 aromatic heterocycles. The highest BCUT2D eigenvalue weighted by atomic mass is 16.4. The minimum Gasteiger partial charge on any atom is -0.481 e. The van der Waals surface area contributed by atoms with Crippen LogP contribution in [0.4, 0.5) is 5.69 Å². The van der Waals surface area contributed by atoms with Crippen LogP contribution in [0, 0.1) is 6.92 Å². The van der Waals surface area contributed by atoms with Gasteiger partial charge in [-0.15, -0.1) is 6.58 Å². The van der Waals surface area contributed by atoms with Gasteiger partial charge in [-0.25, -0.2) is 0 Å². The summed E-state index contributed by atoms with van der Waals surface area (Å²) in [5, 5.41) is 11.5. The van der Waals surface area contributed by atoms with Crippen LogP contribution < -0.4 is 5.32 Å². The number of carboxylic acids is 1. The third kappa shape index (κ3) is 6.15. The Hall–Kier alpha value is -2.14. The van der Waals surface area contributed by atoms with Crippen molar-refractivity contribution in [1.82, 2.24) is 4.90 Å². The molecule has 0 aliphatic rings. The summed E-state index contributed by atoms with van der Waals surface area (Å²) in [5.41, 5.74) is 1.81. The average Bonchev–Trinajstić information content (AvgIpc) is 2.36. The van der Waals surface area contributed by atoms with E-state index in [4.69, 9.17) is 5.11 Å². The van der Waals surface area contributed by atoms with Crippen LogP contribution in [0.2, 0.25) is 0 Å². The fraction of sp³-hybridized carbons (Fsp3) is 0.333. The molecule has 0 unspecified atom stereocenters. The molecule has 5 nitrogen and oxygen atoms in total. The number of anilines is 1. The Balaban J connectivity index is 2.52. The van der Waals surface area contributed by atoms with E-state index in [-0.39, 0.29) is 18.9 Å². The first-order chi connectivity index (χ1) is 9.51. The normalized spacial score (nSPS) is 10.3. The molecule has 1 rings (SSSR count). The third-order valence-electron chi connectivity index (χ3n) is 2.70. The van der Waals surface area contributed by atoms with E-state index in [0.717, 1.165) is 11.3 Å². The number of rotatable bonds is 8. The Morgan fingerprint density at radius 2 is 2.20 bits per heavy atom. The van der Waals surface area contributed by atoms with Crippen LogP contribution in [-0.2, 0) is 9.59 Å². The molecule has 1 aromatic rings. The summed E-state index contributed by atoms with van der Waals surface area (Å²) in [6.07, 6.45) is 1.66. The van der Waals surface area contributed by atoms with Crippen LogP contribution in [0.5, 0.6) is 0 Å². The Morgan fingerprint density at radius 3 is 2.80 bits per heavy atom. The second-order valence-corrected chi connectivity index (χ2v) is 4.59. The van der Waals surface area contributed by atoms with Crippen LogP contribution in [-0.4, -0.2) is 41.5 Å². The zero-order valence-corrected chi connectivity index (χ0v) is 11.6. The summed E-state index contributed by atoms with van der Waals surface area (Å²) in [5.74, 6) is -1.04. The summed E-state index contributed by atoms with van der Waals surface area (Å²) in [7, 11) is 0. The number of carbonyl (C=O) groups is 2. The van der Waals surface area contributed by atoms with Gasteiger partial charge < -0.3 is 10.4 Å². The van der Waals surface area contributed by atoms with Gasteiger partial charge in [0.2, 0.25) is 5.91 Å². The lowest BCUT2D eigenvalue weighted by molar-refractivity contribution is -0.137. The summed E-state index contributed by atoms with van der Waals surface area (Å²) in [6.45, 7) is 6.51. The molecule has 2 N–H and O–H groups in total. The molecule has 0 saturated carbocycles. The van der Waals surface area contributed by atoms with Crippen LogP contribution in [0.3, 0.4) is 0 Å². The third-order valence-corrected chi connectivity index (χ3v) is 2.70. The number of aliphatic carboxylic acids is 1. The van der Waals surface area contributed by atoms with Crippen LogP contribution in [0.1, 0.15) is 12.0 Å². The molecule has 0 radical (unpaired) electrons. The van der Waals surface area contributed by atoms with Gasteiger partial charge in [0.1, 0.15) is 0 Å². The molecular formula is C15H20N2O3. The van der Waals surface area contributed by atoms with Crippen molar-refractivity contribution in [2.45, 2.75) is 13.3 Å². The number of aryl methyl sites for hydroxylation is 1. The number of nitrogens with zero attached hydrogens (tertiary/aromatic N) is 1. The molecule has 0 atom stereocenters. The monoisotopic (exact) mass is 276 g/mol. The maximum Gasteiger partial charge on any atom is 0.304 e. The molecule has 1 aromatic carbocycles. The standard InChI is InChI=1S/C15H20N2O3/c1-3-8-17(9-7-15(19)20)11-14(18)16-13-6-4-5-12(2)10-13/h3-6,10H,1,7-9,11H2,2H3,(H,16,18)(H,19,20). The smallest absolute Gasteiger partial charge is 0.304 e. The SMILES string of the molecule is C=CCN(CCC(=O)O)CC(=O)Nc1cccc(C)c1. The number of hydrogen-bond donors (Lipinski definition) is 2. The van der Waals surface area contributed by atoms with E-state index in [2.05, 4.69) is 11.9 Å². The molecular weight excluding hydrogens is 256 g/mol. The molecule has 0 bridgehead atoms. The average molecular weight is 276 g/mol. The molecule has 20 heavy (non-hydrogen) atoms. The Kier molecular flexibility index (Phi) is 6.46. The van der Waals surface area contributed by atoms with Gasteiger partial charge in [-0.3, -0.25) is 14.5 Å². The fourth-order valence-electron chi connectivity index (χ4n) is 1.80. The second kappa shape index (κ2) is 8.12. The minimum atomic E-state index is -0.877. The molecule has 0 saturated heterocycles.